The predicted molar refractivity (Wildman–Crippen MR) is 39.8 cm³/mol. The van der Waals surface area contributed by atoms with Crippen molar-refractivity contribution >= 4 is 11.8 Å². The van der Waals surface area contributed by atoms with Crippen LogP contribution in [0.4, 0.5) is 5.69 Å². The van der Waals surface area contributed by atoms with Crippen LogP contribution in [0.2, 0.25) is 0 Å². The summed E-state index contributed by atoms with van der Waals surface area (Å²) in [7, 11) is 0. The van der Waals surface area contributed by atoms with Crippen molar-refractivity contribution in [1.29, 1.82) is 0 Å². The minimum atomic E-state index is 0.753. The molecule has 0 bridgehead atoms. The zero-order valence-electron chi connectivity index (χ0n) is 5.09. The van der Waals surface area contributed by atoms with E-state index in [4.69, 9.17) is 5.73 Å². The molecule has 1 rings (SSSR count). The van der Waals surface area contributed by atoms with Gasteiger partial charge in [-0.3, -0.25) is 0 Å². The van der Waals surface area contributed by atoms with E-state index in [0.717, 1.165) is 11.3 Å². The monoisotopic (exact) mass is 118 g/mol. The molecule has 0 spiro atoms. The van der Waals surface area contributed by atoms with Gasteiger partial charge in [0, 0.05) is 5.69 Å². The predicted octanol–water partition coefficient (Wildman–Crippen LogP) is 1.71. The van der Waals surface area contributed by atoms with Crippen molar-refractivity contribution in [3.8, 4) is 0 Å². The first-order chi connectivity index (χ1) is 4.33. The van der Waals surface area contributed by atoms with Crippen molar-refractivity contribution in [3.63, 3.8) is 0 Å². The summed E-state index contributed by atoms with van der Waals surface area (Å²) < 4.78 is 0. The molecule has 2 N–H and O–H groups in total. The molecule has 0 amide bonds. The molecule has 0 aromatic heterocycles. The van der Waals surface area contributed by atoms with Gasteiger partial charge in [-0.25, -0.2) is 0 Å². The number of hydrogen-bond donors (Lipinski definition) is 1. The molecule has 0 heterocycles. The van der Waals surface area contributed by atoms with Crippen LogP contribution in [0.1, 0.15) is 5.56 Å². The van der Waals surface area contributed by atoms with Crippen LogP contribution in [0.25, 0.3) is 6.08 Å². The van der Waals surface area contributed by atoms with Gasteiger partial charge in [0.15, 0.2) is 0 Å². The molecule has 9 heavy (non-hydrogen) atoms. The molecule has 0 saturated heterocycles. The van der Waals surface area contributed by atoms with Gasteiger partial charge in [0.2, 0.25) is 0 Å². The van der Waals surface area contributed by atoms with Crippen LogP contribution in [-0.2, 0) is 0 Å². The number of hydrogen-bond acceptors (Lipinski definition) is 1. The average Bonchev–Trinajstić information content (AvgIpc) is 1.88. The number of nitrogen functional groups attached to an aromatic ring is 1. The molecule has 0 saturated carbocycles. The second-order valence-electron chi connectivity index (χ2n) is 1.78. The Hall–Kier alpha value is -1.24. The van der Waals surface area contributed by atoms with Gasteiger partial charge in [-0.05, 0) is 23.8 Å². The second kappa shape index (κ2) is 2.35. The standard InChI is InChI=1S/C8H8N/c1-2-7-4-3-5-8(9)6-7/h2-3,5-6H,1,9H2. The lowest BCUT2D eigenvalue weighted by atomic mass is 10.2. The first kappa shape index (κ1) is 5.89. The third-order valence-corrected chi connectivity index (χ3v) is 1.07. The Kier molecular flexibility index (Phi) is 1.54. The molecule has 0 aliphatic heterocycles. The molecule has 0 atom stereocenters. The van der Waals surface area contributed by atoms with Crippen LogP contribution in [0.5, 0.6) is 0 Å². The van der Waals surface area contributed by atoms with Crippen molar-refractivity contribution in [3.05, 3.63) is 36.4 Å². The fourth-order valence-electron chi connectivity index (χ4n) is 0.621. The van der Waals surface area contributed by atoms with E-state index < -0.39 is 0 Å². The third kappa shape index (κ3) is 1.32. The Balaban J connectivity index is 3.07. The summed E-state index contributed by atoms with van der Waals surface area (Å²) >= 11 is 0. The lowest BCUT2D eigenvalue weighted by Crippen LogP contribution is -1.83. The summed E-state index contributed by atoms with van der Waals surface area (Å²) in [5.74, 6) is 0. The van der Waals surface area contributed by atoms with Crippen LogP contribution in [0.3, 0.4) is 0 Å². The topological polar surface area (TPSA) is 26.0 Å². The molecule has 1 heteroatoms. The lowest BCUT2D eigenvalue weighted by Gasteiger charge is -1.91. The normalized spacial score (nSPS) is 8.89. The summed E-state index contributed by atoms with van der Waals surface area (Å²) in [6, 6.07) is 8.37. The average molecular weight is 118 g/mol. The van der Waals surface area contributed by atoms with Crippen molar-refractivity contribution in [2.75, 3.05) is 5.73 Å². The highest BCUT2D eigenvalue weighted by molar-refractivity contribution is 5.53. The summed E-state index contributed by atoms with van der Waals surface area (Å²) in [5, 5.41) is 0. The van der Waals surface area contributed by atoms with E-state index in [2.05, 4.69) is 12.6 Å². The van der Waals surface area contributed by atoms with Gasteiger partial charge >= 0.3 is 0 Å². The highest BCUT2D eigenvalue weighted by Gasteiger charge is 1.84. The maximum Gasteiger partial charge on any atom is 0.0320 e. The quantitative estimate of drug-likeness (QED) is 0.558. The zero-order valence-corrected chi connectivity index (χ0v) is 5.09. The number of benzene rings is 1. The maximum absolute atomic E-state index is 5.47. The molecule has 0 unspecified atom stereocenters. The Morgan fingerprint density at radius 3 is 2.89 bits per heavy atom. The van der Waals surface area contributed by atoms with Gasteiger partial charge in [-0.1, -0.05) is 18.7 Å². The summed E-state index contributed by atoms with van der Waals surface area (Å²) in [6.45, 7) is 3.59. The summed E-state index contributed by atoms with van der Waals surface area (Å²) in [5.41, 5.74) is 7.16. The minimum absolute atomic E-state index is 0.753. The van der Waals surface area contributed by atoms with Gasteiger partial charge < -0.3 is 5.73 Å². The molecule has 45 valence electrons. The van der Waals surface area contributed by atoms with Gasteiger partial charge in [-0.2, -0.15) is 0 Å². The van der Waals surface area contributed by atoms with Crippen LogP contribution in [-0.4, -0.2) is 0 Å². The zero-order chi connectivity index (χ0) is 6.69. The smallest absolute Gasteiger partial charge is 0.0320 e. The first-order valence-corrected chi connectivity index (χ1v) is 2.72. The Bertz CT molecular complexity index is 216. The summed E-state index contributed by atoms with van der Waals surface area (Å²) in [4.78, 5) is 0. The molecule has 1 aromatic carbocycles. The SMILES string of the molecule is C=Cc1[c]ccc(N)c1. The molecule has 0 fully saturated rings. The molecular formula is C8H8N. The molecular weight excluding hydrogens is 110 g/mol. The van der Waals surface area contributed by atoms with Crippen LogP contribution in [0.15, 0.2) is 24.8 Å². The largest absolute Gasteiger partial charge is 0.399 e. The van der Waals surface area contributed by atoms with Gasteiger partial charge in [0.05, 0.1) is 0 Å². The van der Waals surface area contributed by atoms with E-state index in [1.807, 2.05) is 6.07 Å². The molecule has 1 radical (unpaired) electrons. The van der Waals surface area contributed by atoms with E-state index in [9.17, 15) is 0 Å². The summed E-state index contributed by atoms with van der Waals surface area (Å²) in [6.07, 6.45) is 1.72. The fourth-order valence-corrected chi connectivity index (χ4v) is 0.621. The van der Waals surface area contributed by atoms with E-state index >= 15 is 0 Å². The number of anilines is 1. The molecule has 0 aliphatic rings. The number of nitrogens with two attached hydrogens (primary N) is 1. The van der Waals surface area contributed by atoms with Crippen LogP contribution < -0.4 is 5.73 Å². The van der Waals surface area contributed by atoms with Crippen molar-refractivity contribution in [2.24, 2.45) is 0 Å². The Labute approximate surface area is 54.8 Å². The van der Waals surface area contributed by atoms with Crippen molar-refractivity contribution in [2.45, 2.75) is 0 Å². The third-order valence-electron chi connectivity index (χ3n) is 1.07. The molecule has 1 aromatic rings. The fraction of sp³-hybridized carbons (Fsp3) is 0. The van der Waals surface area contributed by atoms with Crippen molar-refractivity contribution in [1.82, 2.24) is 0 Å². The van der Waals surface area contributed by atoms with E-state index in [1.54, 1.807) is 18.2 Å². The van der Waals surface area contributed by atoms with Crippen LogP contribution in [0, 0.1) is 6.07 Å². The second-order valence-corrected chi connectivity index (χ2v) is 1.78. The Morgan fingerprint density at radius 2 is 2.44 bits per heavy atom. The first-order valence-electron chi connectivity index (χ1n) is 2.72. The highest BCUT2D eigenvalue weighted by atomic mass is 14.5. The van der Waals surface area contributed by atoms with E-state index in [0.29, 0.717) is 0 Å². The minimum Gasteiger partial charge on any atom is -0.399 e. The van der Waals surface area contributed by atoms with Gasteiger partial charge in [0.25, 0.3) is 0 Å². The van der Waals surface area contributed by atoms with Gasteiger partial charge in [0.1, 0.15) is 0 Å². The van der Waals surface area contributed by atoms with Gasteiger partial charge in [-0.15, -0.1) is 0 Å². The highest BCUT2D eigenvalue weighted by Crippen LogP contribution is 2.05. The molecule has 0 aliphatic carbocycles. The van der Waals surface area contributed by atoms with E-state index in [-0.39, 0.29) is 0 Å². The van der Waals surface area contributed by atoms with E-state index in [1.165, 1.54) is 0 Å². The maximum atomic E-state index is 5.47. The lowest BCUT2D eigenvalue weighted by molar-refractivity contribution is 1.63. The molecule has 1 nitrogen and oxygen atoms in total. The number of rotatable bonds is 1. The Morgan fingerprint density at radius 1 is 1.67 bits per heavy atom. The van der Waals surface area contributed by atoms with Crippen molar-refractivity contribution < 1.29 is 0 Å². The van der Waals surface area contributed by atoms with Crippen LogP contribution >= 0.6 is 0 Å².